The number of hydrogen-bond acceptors (Lipinski definition) is 3. The van der Waals surface area contributed by atoms with Crippen LogP contribution in [0.1, 0.15) is 19.7 Å². The van der Waals surface area contributed by atoms with E-state index < -0.39 is 0 Å². The van der Waals surface area contributed by atoms with Crippen LogP contribution in [-0.2, 0) is 6.54 Å². The van der Waals surface area contributed by atoms with Crippen molar-refractivity contribution in [1.29, 1.82) is 0 Å². The van der Waals surface area contributed by atoms with Crippen LogP contribution < -0.4 is 5.73 Å². The van der Waals surface area contributed by atoms with E-state index in [0.29, 0.717) is 5.92 Å². The van der Waals surface area contributed by atoms with Crippen LogP contribution in [0.2, 0.25) is 0 Å². The molecule has 4 nitrogen and oxygen atoms in total. The van der Waals surface area contributed by atoms with Crippen LogP contribution in [0.25, 0.3) is 0 Å². The van der Waals surface area contributed by atoms with Gasteiger partial charge in [0.25, 0.3) is 0 Å². The first-order chi connectivity index (χ1) is 7.63. The Bertz CT molecular complexity index is 293. The summed E-state index contributed by atoms with van der Waals surface area (Å²) in [5.74, 6) is 1.77. The van der Waals surface area contributed by atoms with Gasteiger partial charge in [-0.15, -0.1) is 0 Å². The number of aryl methyl sites for hydroxylation is 1. The Hall–Kier alpha value is -0.870. The monoisotopic (exact) mass is 224 g/mol. The molecular formula is C12H24N4. The van der Waals surface area contributed by atoms with E-state index in [1.807, 2.05) is 19.3 Å². The first kappa shape index (κ1) is 13.2. The van der Waals surface area contributed by atoms with Crippen molar-refractivity contribution < 1.29 is 0 Å². The molecule has 2 N–H and O–H groups in total. The molecule has 92 valence electrons. The molecule has 0 spiro atoms. The Morgan fingerprint density at radius 1 is 1.44 bits per heavy atom. The molecule has 16 heavy (non-hydrogen) atoms. The third-order valence-electron chi connectivity index (χ3n) is 2.65. The van der Waals surface area contributed by atoms with E-state index >= 15 is 0 Å². The van der Waals surface area contributed by atoms with Gasteiger partial charge >= 0.3 is 0 Å². The van der Waals surface area contributed by atoms with E-state index in [1.54, 1.807) is 0 Å². The summed E-state index contributed by atoms with van der Waals surface area (Å²) in [5.41, 5.74) is 5.62. The predicted octanol–water partition coefficient (Wildman–Crippen LogP) is 1.11. The summed E-state index contributed by atoms with van der Waals surface area (Å²) < 4.78 is 2.18. The fourth-order valence-corrected chi connectivity index (χ4v) is 1.88. The Balaban J connectivity index is 2.40. The number of aromatic nitrogens is 2. The molecular weight excluding hydrogens is 200 g/mol. The standard InChI is InChI=1S/C12H24N4/c1-11(2)10-15(6-4-13)8-9-16-7-5-14-12(16)3/h5,7,11H,4,6,8-10,13H2,1-3H3. The van der Waals surface area contributed by atoms with Crippen molar-refractivity contribution in [2.24, 2.45) is 11.7 Å². The van der Waals surface area contributed by atoms with Crippen molar-refractivity contribution in [2.45, 2.75) is 27.3 Å². The molecule has 0 fully saturated rings. The van der Waals surface area contributed by atoms with Crippen molar-refractivity contribution in [3.05, 3.63) is 18.2 Å². The maximum absolute atomic E-state index is 5.62. The minimum absolute atomic E-state index is 0.690. The summed E-state index contributed by atoms with van der Waals surface area (Å²) in [6.07, 6.45) is 3.89. The molecule has 0 unspecified atom stereocenters. The summed E-state index contributed by atoms with van der Waals surface area (Å²) in [6.45, 7) is 11.4. The summed E-state index contributed by atoms with van der Waals surface area (Å²) in [5, 5.41) is 0. The highest BCUT2D eigenvalue weighted by Crippen LogP contribution is 2.00. The number of nitrogens with two attached hydrogens (primary N) is 1. The minimum atomic E-state index is 0.690. The SMILES string of the molecule is Cc1nccn1CCN(CCN)CC(C)C. The lowest BCUT2D eigenvalue weighted by atomic mass is 10.2. The molecule has 0 saturated carbocycles. The number of hydrogen-bond donors (Lipinski definition) is 1. The lowest BCUT2D eigenvalue weighted by molar-refractivity contribution is 0.241. The van der Waals surface area contributed by atoms with Gasteiger partial charge in [-0.2, -0.15) is 0 Å². The molecule has 0 aromatic carbocycles. The molecule has 0 radical (unpaired) electrons. The lowest BCUT2D eigenvalue weighted by Crippen LogP contribution is -2.35. The van der Waals surface area contributed by atoms with Gasteiger partial charge in [0.1, 0.15) is 5.82 Å². The van der Waals surface area contributed by atoms with E-state index in [1.165, 1.54) is 0 Å². The first-order valence-electron chi connectivity index (χ1n) is 6.03. The predicted molar refractivity (Wildman–Crippen MR) is 67.3 cm³/mol. The summed E-state index contributed by atoms with van der Waals surface area (Å²) in [6, 6.07) is 0. The molecule has 1 rings (SSSR count). The molecule has 0 aliphatic carbocycles. The van der Waals surface area contributed by atoms with Gasteiger partial charge in [-0.05, 0) is 12.8 Å². The van der Waals surface area contributed by atoms with Gasteiger partial charge in [0.05, 0.1) is 0 Å². The van der Waals surface area contributed by atoms with Crippen LogP contribution in [0.4, 0.5) is 0 Å². The van der Waals surface area contributed by atoms with Gasteiger partial charge in [0, 0.05) is 45.1 Å². The van der Waals surface area contributed by atoms with Gasteiger partial charge in [0.2, 0.25) is 0 Å². The normalized spacial score (nSPS) is 11.6. The second kappa shape index (κ2) is 6.66. The number of imidazole rings is 1. The highest BCUT2D eigenvalue weighted by atomic mass is 15.2. The molecule has 0 bridgehead atoms. The van der Waals surface area contributed by atoms with E-state index in [2.05, 4.69) is 28.3 Å². The lowest BCUT2D eigenvalue weighted by Gasteiger charge is -2.23. The van der Waals surface area contributed by atoms with Crippen molar-refractivity contribution in [2.75, 3.05) is 26.2 Å². The van der Waals surface area contributed by atoms with Gasteiger partial charge in [0.15, 0.2) is 0 Å². The van der Waals surface area contributed by atoms with Gasteiger partial charge in [-0.3, -0.25) is 0 Å². The average molecular weight is 224 g/mol. The zero-order chi connectivity index (χ0) is 12.0. The highest BCUT2D eigenvalue weighted by Gasteiger charge is 2.07. The van der Waals surface area contributed by atoms with Crippen LogP contribution in [0.3, 0.4) is 0 Å². The average Bonchev–Trinajstić information content (AvgIpc) is 2.60. The number of rotatable bonds is 7. The molecule has 4 heteroatoms. The third kappa shape index (κ3) is 4.33. The van der Waals surface area contributed by atoms with Crippen molar-refractivity contribution >= 4 is 0 Å². The Morgan fingerprint density at radius 3 is 2.69 bits per heavy atom. The molecule has 0 aliphatic rings. The second-order valence-electron chi connectivity index (χ2n) is 4.65. The molecule has 0 amide bonds. The topological polar surface area (TPSA) is 47.1 Å². The molecule has 1 aromatic heterocycles. The van der Waals surface area contributed by atoms with Crippen LogP contribution in [0.5, 0.6) is 0 Å². The highest BCUT2D eigenvalue weighted by molar-refractivity contribution is 4.88. The molecule has 0 saturated heterocycles. The zero-order valence-electron chi connectivity index (χ0n) is 10.7. The van der Waals surface area contributed by atoms with Crippen LogP contribution in [0.15, 0.2) is 12.4 Å². The maximum atomic E-state index is 5.62. The maximum Gasteiger partial charge on any atom is 0.105 e. The second-order valence-corrected chi connectivity index (χ2v) is 4.65. The minimum Gasteiger partial charge on any atom is -0.334 e. The van der Waals surface area contributed by atoms with E-state index in [4.69, 9.17) is 5.73 Å². The quantitative estimate of drug-likeness (QED) is 0.754. The van der Waals surface area contributed by atoms with Crippen LogP contribution >= 0.6 is 0 Å². The Kier molecular flexibility index (Phi) is 5.49. The molecule has 1 aromatic rings. The van der Waals surface area contributed by atoms with Crippen LogP contribution in [-0.4, -0.2) is 40.6 Å². The first-order valence-corrected chi connectivity index (χ1v) is 6.03. The Labute approximate surface area is 98.5 Å². The fourth-order valence-electron chi connectivity index (χ4n) is 1.88. The summed E-state index contributed by atoms with van der Waals surface area (Å²) in [7, 11) is 0. The summed E-state index contributed by atoms with van der Waals surface area (Å²) >= 11 is 0. The number of nitrogens with zero attached hydrogens (tertiary/aromatic N) is 3. The van der Waals surface area contributed by atoms with Crippen molar-refractivity contribution in [3.8, 4) is 0 Å². The third-order valence-corrected chi connectivity index (χ3v) is 2.65. The molecule has 1 heterocycles. The zero-order valence-corrected chi connectivity index (χ0v) is 10.7. The largest absolute Gasteiger partial charge is 0.334 e. The molecule has 0 aliphatic heterocycles. The van der Waals surface area contributed by atoms with Gasteiger partial charge in [-0.25, -0.2) is 4.98 Å². The van der Waals surface area contributed by atoms with Crippen LogP contribution in [0, 0.1) is 12.8 Å². The van der Waals surface area contributed by atoms with Gasteiger partial charge < -0.3 is 15.2 Å². The van der Waals surface area contributed by atoms with E-state index in [0.717, 1.165) is 38.5 Å². The summed E-state index contributed by atoms with van der Waals surface area (Å²) in [4.78, 5) is 6.64. The van der Waals surface area contributed by atoms with Crippen molar-refractivity contribution in [1.82, 2.24) is 14.5 Å². The fraction of sp³-hybridized carbons (Fsp3) is 0.750. The molecule has 0 atom stereocenters. The van der Waals surface area contributed by atoms with Gasteiger partial charge in [-0.1, -0.05) is 13.8 Å². The van der Waals surface area contributed by atoms with Crippen molar-refractivity contribution in [3.63, 3.8) is 0 Å². The smallest absolute Gasteiger partial charge is 0.105 e. The van der Waals surface area contributed by atoms with E-state index in [-0.39, 0.29) is 0 Å². The Morgan fingerprint density at radius 2 is 2.19 bits per heavy atom. The van der Waals surface area contributed by atoms with E-state index in [9.17, 15) is 0 Å².